The average Bonchev–Trinajstić information content (AvgIpc) is 3.50. The van der Waals surface area contributed by atoms with Crippen molar-refractivity contribution < 1.29 is 23.8 Å². The van der Waals surface area contributed by atoms with E-state index in [1.54, 1.807) is 18.2 Å². The summed E-state index contributed by atoms with van der Waals surface area (Å²) in [5, 5.41) is 14.3. The molecule has 1 aromatic heterocycles. The molecule has 12 heteroatoms. The summed E-state index contributed by atoms with van der Waals surface area (Å²) in [6.07, 6.45) is 0. The third kappa shape index (κ3) is 5.17. The summed E-state index contributed by atoms with van der Waals surface area (Å²) in [6, 6.07) is 12.3. The molecule has 2 aliphatic heterocycles. The number of carbonyl (C=O) groups is 2. The molecule has 0 atom stereocenters. The second kappa shape index (κ2) is 10.2. The topological polar surface area (TPSA) is 120 Å². The zero-order chi connectivity index (χ0) is 24.2. The molecule has 1 saturated heterocycles. The lowest BCUT2D eigenvalue weighted by Crippen LogP contribution is -2.38. The van der Waals surface area contributed by atoms with Crippen molar-refractivity contribution in [2.45, 2.75) is 12.1 Å². The fourth-order valence-electron chi connectivity index (χ4n) is 3.78. The number of amides is 3. The van der Waals surface area contributed by atoms with Crippen molar-refractivity contribution >= 4 is 35.3 Å². The van der Waals surface area contributed by atoms with Gasteiger partial charge >= 0.3 is 6.03 Å². The van der Waals surface area contributed by atoms with Gasteiger partial charge in [0.05, 0.1) is 24.7 Å². The van der Waals surface area contributed by atoms with Crippen LogP contribution < -0.4 is 25.0 Å². The number of nitrogens with zero attached hydrogens (tertiary/aromatic N) is 4. The fraction of sp³-hybridized carbons (Fsp3) is 0.304. The Morgan fingerprint density at radius 3 is 2.69 bits per heavy atom. The van der Waals surface area contributed by atoms with Gasteiger partial charge < -0.3 is 24.4 Å². The van der Waals surface area contributed by atoms with E-state index in [0.717, 1.165) is 11.3 Å². The van der Waals surface area contributed by atoms with Crippen molar-refractivity contribution in [3.63, 3.8) is 0 Å². The standard InChI is InChI=1S/C23H24N6O5S/c1-15-4-2-3-5-17(15)29-22(28-8-10-32-11-9-28)26-27-23(29)35-13-20(30)25-21(31)24-16-6-7-18-19(12-16)34-14-33-18/h2-7,12H,8-11,13-14H2,1H3,(H2,24,25,30,31). The maximum Gasteiger partial charge on any atom is 0.325 e. The molecule has 0 aliphatic carbocycles. The van der Waals surface area contributed by atoms with Crippen molar-refractivity contribution in [1.29, 1.82) is 0 Å². The number of hydrogen-bond donors (Lipinski definition) is 2. The minimum atomic E-state index is -0.635. The summed E-state index contributed by atoms with van der Waals surface area (Å²) in [6.45, 7) is 4.79. The highest BCUT2D eigenvalue weighted by Crippen LogP contribution is 2.34. The number of morpholine rings is 1. The maximum absolute atomic E-state index is 12.5. The molecule has 2 aliphatic rings. The Morgan fingerprint density at radius 2 is 1.86 bits per heavy atom. The van der Waals surface area contributed by atoms with Gasteiger partial charge in [-0.25, -0.2) is 4.79 Å². The molecule has 0 bridgehead atoms. The predicted octanol–water partition coefficient (Wildman–Crippen LogP) is 2.58. The number of fused-ring (bicyclic) bond motifs is 1. The molecular formula is C23H24N6O5S. The molecule has 2 N–H and O–H groups in total. The molecule has 3 amide bonds. The molecule has 0 saturated carbocycles. The molecule has 35 heavy (non-hydrogen) atoms. The van der Waals surface area contributed by atoms with E-state index in [-0.39, 0.29) is 12.5 Å². The lowest BCUT2D eigenvalue weighted by molar-refractivity contribution is -0.117. The summed E-state index contributed by atoms with van der Waals surface area (Å²) in [5.74, 6) is 1.38. The molecule has 2 aromatic carbocycles. The monoisotopic (exact) mass is 496 g/mol. The van der Waals surface area contributed by atoms with Crippen LogP contribution in [0.25, 0.3) is 5.69 Å². The molecule has 5 rings (SSSR count). The third-order valence-corrected chi connectivity index (χ3v) is 6.41. The first-order valence-electron chi connectivity index (χ1n) is 11.1. The van der Waals surface area contributed by atoms with E-state index < -0.39 is 11.9 Å². The normalized spacial score (nSPS) is 14.6. The summed E-state index contributed by atoms with van der Waals surface area (Å²) >= 11 is 1.21. The second-order valence-corrected chi connectivity index (χ2v) is 8.81. The van der Waals surface area contributed by atoms with Gasteiger partial charge in [0, 0.05) is 24.8 Å². The van der Waals surface area contributed by atoms with Crippen LogP contribution in [0, 0.1) is 6.92 Å². The van der Waals surface area contributed by atoms with E-state index in [4.69, 9.17) is 14.2 Å². The van der Waals surface area contributed by atoms with Crippen LogP contribution >= 0.6 is 11.8 Å². The number of benzene rings is 2. The Labute approximate surface area is 205 Å². The number of anilines is 2. The number of rotatable bonds is 6. The van der Waals surface area contributed by atoms with Gasteiger partial charge in [-0.15, -0.1) is 10.2 Å². The largest absolute Gasteiger partial charge is 0.454 e. The molecule has 0 unspecified atom stereocenters. The number of nitrogens with one attached hydrogen (secondary N) is 2. The van der Waals surface area contributed by atoms with Crippen LogP contribution in [0.5, 0.6) is 11.5 Å². The van der Waals surface area contributed by atoms with Gasteiger partial charge in [-0.3, -0.25) is 14.7 Å². The Kier molecular flexibility index (Phi) is 6.73. The van der Waals surface area contributed by atoms with Gasteiger partial charge in [-0.05, 0) is 30.7 Å². The van der Waals surface area contributed by atoms with Crippen LogP contribution in [0.1, 0.15) is 5.56 Å². The first-order chi connectivity index (χ1) is 17.1. The van der Waals surface area contributed by atoms with Gasteiger partial charge in [-0.2, -0.15) is 0 Å². The minimum Gasteiger partial charge on any atom is -0.454 e. The number of imide groups is 1. The summed E-state index contributed by atoms with van der Waals surface area (Å²) in [7, 11) is 0. The van der Waals surface area contributed by atoms with Crippen LogP contribution in [-0.4, -0.2) is 65.6 Å². The number of ether oxygens (including phenoxy) is 3. The molecule has 3 aromatic rings. The lowest BCUT2D eigenvalue weighted by Gasteiger charge is -2.28. The van der Waals surface area contributed by atoms with Crippen LogP contribution in [0.2, 0.25) is 0 Å². The van der Waals surface area contributed by atoms with Gasteiger partial charge in [-0.1, -0.05) is 30.0 Å². The highest BCUT2D eigenvalue weighted by atomic mass is 32.2. The molecule has 1 fully saturated rings. The Balaban J connectivity index is 1.25. The first-order valence-corrected chi connectivity index (χ1v) is 12.0. The molecule has 182 valence electrons. The van der Waals surface area contributed by atoms with E-state index >= 15 is 0 Å². The SMILES string of the molecule is Cc1ccccc1-n1c(SCC(=O)NC(=O)Nc2ccc3c(c2)OCO3)nnc1N1CCOCC1. The maximum atomic E-state index is 12.5. The van der Waals surface area contributed by atoms with Crippen LogP contribution in [0.15, 0.2) is 47.6 Å². The lowest BCUT2D eigenvalue weighted by atomic mass is 10.2. The molecule has 0 spiro atoms. The number of aromatic nitrogens is 3. The second-order valence-electron chi connectivity index (χ2n) is 7.86. The van der Waals surface area contributed by atoms with Crippen LogP contribution in [0.3, 0.4) is 0 Å². The third-order valence-electron chi connectivity index (χ3n) is 5.48. The summed E-state index contributed by atoms with van der Waals surface area (Å²) < 4.78 is 18.0. The van der Waals surface area contributed by atoms with E-state index in [1.807, 2.05) is 35.8 Å². The Morgan fingerprint density at radius 1 is 1.06 bits per heavy atom. The summed E-state index contributed by atoms with van der Waals surface area (Å²) in [4.78, 5) is 26.9. The minimum absolute atomic E-state index is 0.0122. The Hall–Kier alpha value is -3.77. The molecule has 11 nitrogen and oxygen atoms in total. The van der Waals surface area contributed by atoms with Crippen LogP contribution in [-0.2, 0) is 9.53 Å². The number of para-hydroxylation sites is 1. The zero-order valence-electron chi connectivity index (χ0n) is 19.0. The van der Waals surface area contributed by atoms with Crippen molar-refractivity contribution in [2.75, 3.05) is 49.1 Å². The van der Waals surface area contributed by atoms with Crippen molar-refractivity contribution in [3.05, 3.63) is 48.0 Å². The molecule has 0 radical (unpaired) electrons. The predicted molar refractivity (Wildman–Crippen MR) is 130 cm³/mol. The van der Waals surface area contributed by atoms with Gasteiger partial charge in [0.1, 0.15) is 0 Å². The Bertz CT molecular complexity index is 1240. The van der Waals surface area contributed by atoms with Crippen molar-refractivity contribution in [2.24, 2.45) is 0 Å². The molecular weight excluding hydrogens is 472 g/mol. The van der Waals surface area contributed by atoms with Gasteiger partial charge in [0.2, 0.25) is 18.6 Å². The van der Waals surface area contributed by atoms with Crippen LogP contribution in [0.4, 0.5) is 16.4 Å². The zero-order valence-corrected chi connectivity index (χ0v) is 19.8. The van der Waals surface area contributed by atoms with Crippen molar-refractivity contribution in [3.8, 4) is 17.2 Å². The van der Waals surface area contributed by atoms with E-state index in [2.05, 4.69) is 25.7 Å². The fourth-order valence-corrected chi connectivity index (χ4v) is 4.52. The number of carbonyl (C=O) groups excluding carboxylic acids is 2. The van der Waals surface area contributed by atoms with Gasteiger partial charge in [0.25, 0.3) is 0 Å². The first kappa shape index (κ1) is 23.0. The number of hydrogen-bond acceptors (Lipinski definition) is 9. The highest BCUT2D eigenvalue weighted by molar-refractivity contribution is 7.99. The van der Waals surface area contributed by atoms with E-state index in [0.29, 0.717) is 54.6 Å². The highest BCUT2D eigenvalue weighted by Gasteiger charge is 2.23. The quantitative estimate of drug-likeness (QED) is 0.496. The van der Waals surface area contributed by atoms with Crippen molar-refractivity contribution in [1.82, 2.24) is 20.1 Å². The van der Waals surface area contributed by atoms with E-state index in [1.165, 1.54) is 11.8 Å². The smallest absolute Gasteiger partial charge is 0.325 e. The summed E-state index contributed by atoms with van der Waals surface area (Å²) in [5.41, 5.74) is 2.47. The van der Waals surface area contributed by atoms with E-state index in [9.17, 15) is 9.59 Å². The molecule has 3 heterocycles. The number of urea groups is 1. The average molecular weight is 497 g/mol. The van der Waals surface area contributed by atoms with Gasteiger partial charge in [0.15, 0.2) is 16.7 Å². The number of aryl methyl sites for hydroxylation is 1. The number of thioether (sulfide) groups is 1.